The Morgan fingerprint density at radius 1 is 0.903 bits per heavy atom. The average molecular weight is 441 g/mol. The smallest absolute Gasteiger partial charge is 0.172 e. The minimum Gasteiger partial charge on any atom is -0.339 e. The quantitative estimate of drug-likeness (QED) is 0.318. The first kappa shape index (κ1) is 18.5. The van der Waals surface area contributed by atoms with Crippen molar-refractivity contribution in [3.05, 3.63) is 89.6 Å². The second kappa shape index (κ2) is 7.15. The number of hydrogen-bond donors (Lipinski definition) is 1. The molecule has 0 bridgehead atoms. The maximum absolute atomic E-state index is 6.14. The summed E-state index contributed by atoms with van der Waals surface area (Å²) in [5, 5.41) is 7.91. The summed E-state index contributed by atoms with van der Waals surface area (Å²) in [5.74, 6) is 0. The van der Waals surface area contributed by atoms with Crippen LogP contribution >= 0.6 is 23.4 Å². The molecule has 1 N–H and O–H groups in total. The minimum atomic E-state index is 0.705. The van der Waals surface area contributed by atoms with Crippen molar-refractivity contribution < 1.29 is 0 Å². The van der Waals surface area contributed by atoms with E-state index in [0.717, 1.165) is 48.6 Å². The number of H-pyrrole nitrogens is 1. The Kier molecular flexibility index (Phi) is 4.26. The number of nitrogens with zero attached hydrogens (tertiary/aromatic N) is 3. The highest BCUT2D eigenvalue weighted by Crippen LogP contribution is 2.39. The molecule has 3 heterocycles. The van der Waals surface area contributed by atoms with Crippen LogP contribution in [0.3, 0.4) is 0 Å². The van der Waals surface area contributed by atoms with Gasteiger partial charge in [0.25, 0.3) is 0 Å². The van der Waals surface area contributed by atoms with Gasteiger partial charge in [0.1, 0.15) is 11.3 Å². The van der Waals surface area contributed by atoms with Gasteiger partial charge in [0.15, 0.2) is 5.65 Å². The maximum Gasteiger partial charge on any atom is 0.172 e. The van der Waals surface area contributed by atoms with Crippen LogP contribution in [0.25, 0.3) is 38.8 Å². The fourth-order valence-electron chi connectivity index (χ4n) is 3.85. The van der Waals surface area contributed by atoms with Gasteiger partial charge in [-0.05, 0) is 37.3 Å². The Morgan fingerprint density at radius 3 is 2.48 bits per heavy atom. The van der Waals surface area contributed by atoms with Crippen molar-refractivity contribution in [2.75, 3.05) is 0 Å². The summed E-state index contributed by atoms with van der Waals surface area (Å²) >= 11 is 7.82. The predicted molar refractivity (Wildman–Crippen MR) is 128 cm³/mol. The number of halogens is 1. The third-order valence-corrected chi connectivity index (χ3v) is 6.77. The second-order valence-electron chi connectivity index (χ2n) is 7.53. The van der Waals surface area contributed by atoms with Crippen LogP contribution in [0.5, 0.6) is 0 Å². The number of aromatic nitrogens is 4. The van der Waals surface area contributed by atoms with E-state index in [4.69, 9.17) is 21.7 Å². The molecule has 0 aliphatic heterocycles. The lowest BCUT2D eigenvalue weighted by Gasteiger charge is -2.04. The summed E-state index contributed by atoms with van der Waals surface area (Å²) in [5.41, 5.74) is 5.98. The van der Waals surface area contributed by atoms with Gasteiger partial charge in [-0.1, -0.05) is 71.4 Å². The van der Waals surface area contributed by atoms with Gasteiger partial charge in [0.05, 0.1) is 4.90 Å². The monoisotopic (exact) mass is 440 g/mol. The molecule has 0 atom stereocenters. The maximum atomic E-state index is 6.14. The van der Waals surface area contributed by atoms with E-state index in [0.29, 0.717) is 5.02 Å². The molecule has 3 aromatic carbocycles. The molecule has 150 valence electrons. The lowest BCUT2D eigenvalue weighted by Crippen LogP contribution is -1.92. The molecular weight excluding hydrogens is 424 g/mol. The molecule has 0 fully saturated rings. The molecule has 0 aliphatic carbocycles. The summed E-state index contributed by atoms with van der Waals surface area (Å²) in [6, 6.07) is 24.6. The number of benzene rings is 3. The van der Waals surface area contributed by atoms with E-state index in [1.807, 2.05) is 47.1 Å². The van der Waals surface area contributed by atoms with E-state index in [1.165, 1.54) is 5.56 Å². The number of hydrogen-bond acceptors (Lipinski definition) is 3. The topological polar surface area (TPSA) is 46.0 Å². The Labute approximate surface area is 187 Å². The number of para-hydroxylation sites is 1. The van der Waals surface area contributed by atoms with Gasteiger partial charge in [0.2, 0.25) is 0 Å². The van der Waals surface area contributed by atoms with Crippen LogP contribution < -0.4 is 0 Å². The van der Waals surface area contributed by atoms with Crippen molar-refractivity contribution in [3.8, 4) is 11.3 Å². The fourth-order valence-corrected chi connectivity index (χ4v) is 4.97. The lowest BCUT2D eigenvalue weighted by molar-refractivity contribution is 0.974. The SMILES string of the molecule is Cc1ccc(Sc2c(-c3ccc(Cl)cc3)nn3c2ncc2c4ccccc4[nH]c23)cc1. The van der Waals surface area contributed by atoms with E-state index in [2.05, 4.69) is 48.3 Å². The molecule has 0 saturated heterocycles. The molecule has 6 rings (SSSR count). The molecule has 31 heavy (non-hydrogen) atoms. The summed E-state index contributed by atoms with van der Waals surface area (Å²) in [6.45, 7) is 2.09. The minimum absolute atomic E-state index is 0.705. The van der Waals surface area contributed by atoms with Crippen molar-refractivity contribution in [2.24, 2.45) is 0 Å². The predicted octanol–water partition coefficient (Wildman–Crippen LogP) is 7.14. The molecule has 0 amide bonds. The van der Waals surface area contributed by atoms with Gasteiger partial charge in [-0.2, -0.15) is 9.61 Å². The molecular formula is C25H17ClN4S. The van der Waals surface area contributed by atoms with Crippen molar-refractivity contribution in [1.29, 1.82) is 0 Å². The average Bonchev–Trinajstić information content (AvgIpc) is 3.34. The van der Waals surface area contributed by atoms with Crippen LogP contribution in [0, 0.1) is 6.92 Å². The molecule has 0 saturated carbocycles. The van der Waals surface area contributed by atoms with Gasteiger partial charge >= 0.3 is 0 Å². The first-order chi connectivity index (χ1) is 15.2. The van der Waals surface area contributed by atoms with E-state index in [-0.39, 0.29) is 0 Å². The van der Waals surface area contributed by atoms with Crippen LogP contribution in [0.4, 0.5) is 0 Å². The second-order valence-corrected chi connectivity index (χ2v) is 9.05. The van der Waals surface area contributed by atoms with E-state index in [1.54, 1.807) is 11.8 Å². The first-order valence-electron chi connectivity index (χ1n) is 9.96. The third kappa shape index (κ3) is 3.09. The van der Waals surface area contributed by atoms with Crippen LogP contribution in [-0.2, 0) is 0 Å². The zero-order chi connectivity index (χ0) is 20.9. The molecule has 4 nitrogen and oxygen atoms in total. The van der Waals surface area contributed by atoms with E-state index < -0.39 is 0 Å². The summed E-state index contributed by atoms with van der Waals surface area (Å²) in [7, 11) is 0. The summed E-state index contributed by atoms with van der Waals surface area (Å²) in [6.07, 6.45) is 1.94. The highest BCUT2D eigenvalue weighted by atomic mass is 35.5. The Balaban J connectivity index is 1.64. The number of aromatic amines is 1. The zero-order valence-electron chi connectivity index (χ0n) is 16.6. The Bertz CT molecular complexity index is 1560. The van der Waals surface area contributed by atoms with Crippen LogP contribution in [0.1, 0.15) is 5.56 Å². The molecule has 0 spiro atoms. The highest BCUT2D eigenvalue weighted by molar-refractivity contribution is 7.99. The number of nitrogens with one attached hydrogen (secondary N) is 1. The fraction of sp³-hybridized carbons (Fsp3) is 0.0400. The van der Waals surface area contributed by atoms with Crippen molar-refractivity contribution >= 4 is 50.9 Å². The number of rotatable bonds is 3. The molecule has 6 heteroatoms. The van der Waals surface area contributed by atoms with E-state index >= 15 is 0 Å². The largest absolute Gasteiger partial charge is 0.339 e. The number of aryl methyl sites for hydroxylation is 1. The van der Waals surface area contributed by atoms with Gasteiger partial charge in [-0.15, -0.1) is 0 Å². The lowest BCUT2D eigenvalue weighted by atomic mass is 10.1. The molecule has 3 aromatic heterocycles. The molecule has 0 aliphatic rings. The summed E-state index contributed by atoms with van der Waals surface area (Å²) in [4.78, 5) is 10.5. The summed E-state index contributed by atoms with van der Waals surface area (Å²) < 4.78 is 1.93. The van der Waals surface area contributed by atoms with Crippen molar-refractivity contribution in [3.63, 3.8) is 0 Å². The van der Waals surface area contributed by atoms with Crippen LogP contribution in [-0.4, -0.2) is 19.6 Å². The normalized spacial score (nSPS) is 11.7. The Hall–Kier alpha value is -3.28. The standard InChI is InChI=1S/C25H17ClN4S/c1-15-6-12-18(13-7-15)31-23-22(16-8-10-17(26)11-9-16)29-30-24-20(14-27-25(23)30)19-4-2-3-5-21(19)28-24/h2-14,28H,1H3. The third-order valence-electron chi connectivity index (χ3n) is 5.43. The van der Waals surface area contributed by atoms with Gasteiger partial charge in [0, 0.05) is 38.0 Å². The van der Waals surface area contributed by atoms with E-state index in [9.17, 15) is 0 Å². The molecule has 0 unspecified atom stereocenters. The van der Waals surface area contributed by atoms with Crippen molar-refractivity contribution in [1.82, 2.24) is 19.6 Å². The molecule has 6 aromatic rings. The van der Waals surface area contributed by atoms with Crippen LogP contribution in [0.2, 0.25) is 5.02 Å². The van der Waals surface area contributed by atoms with Gasteiger partial charge in [-0.3, -0.25) is 0 Å². The Morgan fingerprint density at radius 2 is 1.68 bits per heavy atom. The first-order valence-corrected chi connectivity index (χ1v) is 11.2. The number of fused-ring (bicyclic) bond motifs is 5. The zero-order valence-corrected chi connectivity index (χ0v) is 18.2. The van der Waals surface area contributed by atoms with Gasteiger partial charge in [-0.25, -0.2) is 4.98 Å². The van der Waals surface area contributed by atoms with Gasteiger partial charge < -0.3 is 4.98 Å². The van der Waals surface area contributed by atoms with Crippen LogP contribution in [0.15, 0.2) is 88.8 Å². The van der Waals surface area contributed by atoms with Crippen molar-refractivity contribution in [2.45, 2.75) is 16.7 Å². The molecule has 0 radical (unpaired) electrons. The highest BCUT2D eigenvalue weighted by Gasteiger charge is 2.20.